The van der Waals surface area contributed by atoms with Crippen LogP contribution in [0.15, 0.2) is 24.3 Å². The summed E-state index contributed by atoms with van der Waals surface area (Å²) in [6, 6.07) is 5.90. The second kappa shape index (κ2) is 6.66. The molecule has 23 heavy (non-hydrogen) atoms. The molecule has 0 aliphatic carbocycles. The zero-order chi connectivity index (χ0) is 16.4. The van der Waals surface area contributed by atoms with E-state index in [1.807, 2.05) is 6.07 Å². The molecule has 0 unspecified atom stereocenters. The maximum atomic E-state index is 13.3. The molecule has 1 aromatic rings. The lowest BCUT2D eigenvalue weighted by Crippen LogP contribution is -2.60. The molecule has 0 spiro atoms. The fraction of sp³-hybridized carbons (Fsp3) is 0.529. The molecule has 2 atom stereocenters. The van der Waals surface area contributed by atoms with Crippen molar-refractivity contribution in [2.75, 3.05) is 26.8 Å². The number of fused-ring (bicyclic) bond motifs is 2. The van der Waals surface area contributed by atoms with Gasteiger partial charge in [-0.05, 0) is 36.5 Å². The Bertz CT molecular complexity index is 607. The van der Waals surface area contributed by atoms with Crippen LogP contribution in [0, 0.1) is 11.7 Å². The summed E-state index contributed by atoms with van der Waals surface area (Å²) < 4.78 is 18.2. The van der Waals surface area contributed by atoms with E-state index in [1.165, 1.54) is 19.2 Å². The molecule has 0 aromatic heterocycles. The topological polar surface area (TPSA) is 49.9 Å². The summed E-state index contributed by atoms with van der Waals surface area (Å²) in [5.41, 5.74) is 0.771. The Labute approximate surface area is 135 Å². The minimum absolute atomic E-state index is 0.00164. The first-order valence-corrected chi connectivity index (χ1v) is 7.90. The molecule has 2 saturated heterocycles. The molecule has 2 aliphatic rings. The van der Waals surface area contributed by atoms with E-state index in [-0.39, 0.29) is 24.2 Å². The third-order valence-electron chi connectivity index (χ3n) is 4.64. The molecule has 2 bridgehead atoms. The number of amides is 2. The predicted octanol–water partition coefficient (Wildman–Crippen LogP) is 1.42. The first-order valence-electron chi connectivity index (χ1n) is 7.90. The van der Waals surface area contributed by atoms with E-state index < -0.39 is 6.04 Å². The summed E-state index contributed by atoms with van der Waals surface area (Å²) in [7, 11) is 1.48. The Morgan fingerprint density at radius 3 is 3.00 bits per heavy atom. The quantitative estimate of drug-likeness (QED) is 0.843. The van der Waals surface area contributed by atoms with Gasteiger partial charge in [-0.3, -0.25) is 9.59 Å². The van der Waals surface area contributed by atoms with Crippen LogP contribution < -0.4 is 0 Å². The fourth-order valence-electron chi connectivity index (χ4n) is 3.55. The number of carbonyl (C=O) groups is 2. The van der Waals surface area contributed by atoms with Crippen molar-refractivity contribution >= 4 is 11.8 Å². The molecule has 1 aromatic carbocycles. The van der Waals surface area contributed by atoms with Crippen molar-refractivity contribution in [3.63, 3.8) is 0 Å². The largest absolute Gasteiger partial charge is 0.375 e. The van der Waals surface area contributed by atoms with E-state index in [1.54, 1.807) is 15.9 Å². The van der Waals surface area contributed by atoms with Crippen LogP contribution >= 0.6 is 0 Å². The fourth-order valence-corrected chi connectivity index (χ4v) is 3.55. The van der Waals surface area contributed by atoms with Gasteiger partial charge in [0.15, 0.2) is 0 Å². The Morgan fingerprint density at radius 2 is 2.26 bits per heavy atom. The first kappa shape index (κ1) is 15.9. The van der Waals surface area contributed by atoms with E-state index in [4.69, 9.17) is 4.74 Å². The highest BCUT2D eigenvalue weighted by Crippen LogP contribution is 2.31. The number of halogens is 1. The van der Waals surface area contributed by atoms with Gasteiger partial charge in [-0.2, -0.15) is 0 Å². The highest BCUT2D eigenvalue weighted by atomic mass is 19.1. The summed E-state index contributed by atoms with van der Waals surface area (Å²) >= 11 is 0. The first-order chi connectivity index (χ1) is 11.1. The van der Waals surface area contributed by atoms with Gasteiger partial charge in [0.25, 0.3) is 0 Å². The molecule has 2 heterocycles. The average molecular weight is 320 g/mol. The summed E-state index contributed by atoms with van der Waals surface area (Å²) in [4.78, 5) is 28.3. The maximum Gasteiger partial charge on any atom is 0.249 e. The smallest absolute Gasteiger partial charge is 0.249 e. The standard InChI is InChI=1S/C17H21FN2O3/c1-23-11-16(21)20-6-5-13-8-15(20)17(22)19(10-13)9-12-3-2-4-14(18)7-12/h2-4,7,13,15H,5-6,8-11H2,1H3/t13-,15+/m0/s1. The van der Waals surface area contributed by atoms with Crippen LogP contribution in [0.1, 0.15) is 18.4 Å². The van der Waals surface area contributed by atoms with Crippen molar-refractivity contribution in [3.8, 4) is 0 Å². The SMILES string of the molecule is COCC(=O)N1CC[C@H]2C[C@@H]1C(=O)N(Cc1cccc(F)c1)C2. The Kier molecular flexibility index (Phi) is 4.61. The minimum Gasteiger partial charge on any atom is -0.375 e. The van der Waals surface area contributed by atoms with Crippen LogP contribution in [0.3, 0.4) is 0 Å². The van der Waals surface area contributed by atoms with Gasteiger partial charge in [0.1, 0.15) is 18.5 Å². The van der Waals surface area contributed by atoms with Gasteiger partial charge in [-0.15, -0.1) is 0 Å². The number of likely N-dealkylation sites (tertiary alicyclic amines) is 2. The number of carbonyl (C=O) groups excluding carboxylic acids is 2. The Balaban J connectivity index is 1.74. The normalized spacial score (nSPS) is 24.0. The van der Waals surface area contributed by atoms with Crippen LogP contribution in [-0.4, -0.2) is 54.5 Å². The van der Waals surface area contributed by atoms with Gasteiger partial charge >= 0.3 is 0 Å². The molecule has 5 nitrogen and oxygen atoms in total. The van der Waals surface area contributed by atoms with Crippen molar-refractivity contribution in [1.29, 1.82) is 0 Å². The van der Waals surface area contributed by atoms with Crippen LogP contribution in [0.4, 0.5) is 4.39 Å². The highest BCUT2D eigenvalue weighted by Gasteiger charge is 2.42. The van der Waals surface area contributed by atoms with Gasteiger partial charge in [-0.25, -0.2) is 4.39 Å². The summed E-state index contributed by atoms with van der Waals surface area (Å²) in [6.07, 6.45) is 1.60. The number of piperidine rings is 2. The van der Waals surface area contributed by atoms with Gasteiger partial charge in [0, 0.05) is 26.7 Å². The second-order valence-electron chi connectivity index (χ2n) is 6.28. The molecule has 6 heteroatoms. The number of hydrogen-bond donors (Lipinski definition) is 0. The van der Waals surface area contributed by atoms with Crippen molar-refractivity contribution in [2.24, 2.45) is 5.92 Å². The van der Waals surface area contributed by atoms with Crippen LogP contribution in [0.25, 0.3) is 0 Å². The number of ether oxygens (including phenoxy) is 1. The molecular formula is C17H21FN2O3. The second-order valence-corrected chi connectivity index (χ2v) is 6.28. The van der Waals surface area contributed by atoms with Gasteiger partial charge in [0.2, 0.25) is 11.8 Å². The van der Waals surface area contributed by atoms with E-state index in [2.05, 4.69) is 0 Å². The van der Waals surface area contributed by atoms with Gasteiger partial charge < -0.3 is 14.5 Å². The minimum atomic E-state index is -0.404. The molecule has 2 aliphatic heterocycles. The third-order valence-corrected chi connectivity index (χ3v) is 4.64. The third kappa shape index (κ3) is 3.37. The Hall–Kier alpha value is -1.95. The molecule has 3 rings (SSSR count). The average Bonchev–Trinajstić information content (AvgIpc) is 2.53. The maximum absolute atomic E-state index is 13.3. The van der Waals surface area contributed by atoms with Crippen molar-refractivity contribution in [1.82, 2.24) is 9.80 Å². The molecule has 2 fully saturated rings. The number of hydrogen-bond acceptors (Lipinski definition) is 3. The predicted molar refractivity (Wildman–Crippen MR) is 81.9 cm³/mol. The van der Waals surface area contributed by atoms with Gasteiger partial charge in [0.05, 0.1) is 0 Å². The highest BCUT2D eigenvalue weighted by molar-refractivity contribution is 5.89. The lowest BCUT2D eigenvalue weighted by molar-refractivity contribution is -0.156. The molecule has 0 N–H and O–H groups in total. The van der Waals surface area contributed by atoms with E-state index >= 15 is 0 Å². The van der Waals surface area contributed by atoms with Crippen molar-refractivity contribution in [2.45, 2.75) is 25.4 Å². The molecule has 0 radical (unpaired) electrons. The number of benzene rings is 1. The molecular weight excluding hydrogens is 299 g/mol. The van der Waals surface area contributed by atoms with Crippen molar-refractivity contribution < 1.29 is 18.7 Å². The zero-order valence-electron chi connectivity index (χ0n) is 13.2. The van der Waals surface area contributed by atoms with Gasteiger partial charge in [-0.1, -0.05) is 12.1 Å². The number of nitrogens with zero attached hydrogens (tertiary/aromatic N) is 2. The lowest BCUT2D eigenvalue weighted by Gasteiger charge is -2.46. The van der Waals surface area contributed by atoms with Crippen LogP contribution in [-0.2, 0) is 20.9 Å². The van der Waals surface area contributed by atoms with Crippen molar-refractivity contribution in [3.05, 3.63) is 35.6 Å². The Morgan fingerprint density at radius 1 is 1.43 bits per heavy atom. The molecule has 2 amide bonds. The van der Waals surface area contributed by atoms with E-state index in [0.29, 0.717) is 32.0 Å². The van der Waals surface area contributed by atoms with Crippen LogP contribution in [0.2, 0.25) is 0 Å². The summed E-state index contributed by atoms with van der Waals surface area (Å²) in [6.45, 7) is 1.67. The number of methoxy groups -OCH3 is 1. The molecule has 124 valence electrons. The summed E-state index contributed by atoms with van der Waals surface area (Å²) in [5, 5.41) is 0. The monoisotopic (exact) mass is 320 g/mol. The number of rotatable bonds is 4. The van der Waals surface area contributed by atoms with Crippen LogP contribution in [0.5, 0.6) is 0 Å². The lowest BCUT2D eigenvalue weighted by atomic mass is 9.85. The summed E-state index contributed by atoms with van der Waals surface area (Å²) in [5.74, 6) is -0.0894. The van der Waals surface area contributed by atoms with E-state index in [0.717, 1.165) is 12.0 Å². The molecule has 0 saturated carbocycles. The van der Waals surface area contributed by atoms with E-state index in [9.17, 15) is 14.0 Å². The zero-order valence-corrected chi connectivity index (χ0v) is 13.2.